The average molecular weight is 287 g/mol. The molecule has 6 nitrogen and oxygen atoms in total. The molecule has 0 saturated carbocycles. The standard InChI is InChI=1S/C12H25N5OS/c1-5-19-9-6-10(2)17-12(14-15-16-17)11(3)13-7-8-18-4/h10-11,13H,5-9H2,1-4H3. The number of aromatic nitrogens is 4. The number of nitrogens with one attached hydrogen (secondary N) is 1. The van der Waals surface area contributed by atoms with Crippen molar-refractivity contribution in [2.24, 2.45) is 0 Å². The fraction of sp³-hybridized carbons (Fsp3) is 0.917. The average Bonchev–Trinajstić information content (AvgIpc) is 2.88. The van der Waals surface area contributed by atoms with Gasteiger partial charge >= 0.3 is 0 Å². The Labute approximate surface area is 119 Å². The van der Waals surface area contributed by atoms with E-state index >= 15 is 0 Å². The lowest BCUT2D eigenvalue weighted by Gasteiger charge is -2.17. The van der Waals surface area contributed by atoms with Crippen molar-refractivity contribution in [2.45, 2.75) is 39.3 Å². The first-order valence-electron chi connectivity index (χ1n) is 6.78. The normalized spacial score (nSPS) is 14.5. The van der Waals surface area contributed by atoms with Crippen LogP contribution in [0.3, 0.4) is 0 Å². The van der Waals surface area contributed by atoms with E-state index in [9.17, 15) is 0 Å². The lowest BCUT2D eigenvalue weighted by Crippen LogP contribution is -2.26. The van der Waals surface area contributed by atoms with Crippen LogP contribution in [0.25, 0.3) is 0 Å². The molecule has 2 atom stereocenters. The maximum absolute atomic E-state index is 5.03. The quantitative estimate of drug-likeness (QED) is 0.660. The molecule has 2 unspecified atom stereocenters. The molecule has 1 rings (SSSR count). The minimum atomic E-state index is 0.131. The molecule has 0 amide bonds. The first-order chi connectivity index (χ1) is 9.20. The zero-order valence-corrected chi connectivity index (χ0v) is 13.1. The van der Waals surface area contributed by atoms with E-state index in [1.54, 1.807) is 7.11 Å². The number of ether oxygens (including phenoxy) is 1. The van der Waals surface area contributed by atoms with Crippen LogP contribution < -0.4 is 5.32 Å². The zero-order chi connectivity index (χ0) is 14.1. The van der Waals surface area contributed by atoms with E-state index in [-0.39, 0.29) is 6.04 Å². The van der Waals surface area contributed by atoms with Crippen molar-refractivity contribution < 1.29 is 4.74 Å². The number of tetrazole rings is 1. The van der Waals surface area contributed by atoms with Gasteiger partial charge in [-0.25, -0.2) is 4.68 Å². The number of hydrogen-bond acceptors (Lipinski definition) is 6. The van der Waals surface area contributed by atoms with Crippen molar-refractivity contribution in [1.29, 1.82) is 0 Å². The van der Waals surface area contributed by atoms with Crippen molar-refractivity contribution in [3.8, 4) is 0 Å². The molecule has 0 radical (unpaired) electrons. The molecule has 0 aromatic carbocycles. The number of rotatable bonds is 10. The second-order valence-corrected chi connectivity index (χ2v) is 5.88. The first-order valence-corrected chi connectivity index (χ1v) is 7.94. The predicted molar refractivity (Wildman–Crippen MR) is 78.4 cm³/mol. The maximum atomic E-state index is 5.03. The topological polar surface area (TPSA) is 64.9 Å². The fourth-order valence-corrected chi connectivity index (χ4v) is 2.59. The summed E-state index contributed by atoms with van der Waals surface area (Å²) in [4.78, 5) is 0. The summed E-state index contributed by atoms with van der Waals surface area (Å²) in [6.07, 6.45) is 1.08. The Morgan fingerprint density at radius 3 is 2.89 bits per heavy atom. The zero-order valence-electron chi connectivity index (χ0n) is 12.3. The Bertz CT molecular complexity index is 316. The van der Waals surface area contributed by atoms with Gasteiger partial charge < -0.3 is 10.1 Å². The Hall–Kier alpha value is -0.660. The summed E-state index contributed by atoms with van der Waals surface area (Å²) < 4.78 is 6.96. The Balaban J connectivity index is 2.52. The summed E-state index contributed by atoms with van der Waals surface area (Å²) in [5, 5.41) is 15.4. The molecular formula is C12H25N5OS. The van der Waals surface area contributed by atoms with Crippen LogP contribution in [0, 0.1) is 0 Å². The number of thioether (sulfide) groups is 1. The predicted octanol–water partition coefficient (Wildman–Crippen LogP) is 1.67. The summed E-state index contributed by atoms with van der Waals surface area (Å²) in [5.74, 6) is 3.19. The van der Waals surface area contributed by atoms with Crippen LogP contribution in [-0.4, -0.2) is 52.0 Å². The molecule has 19 heavy (non-hydrogen) atoms. The molecule has 1 heterocycles. The van der Waals surface area contributed by atoms with Gasteiger partial charge in [-0.2, -0.15) is 11.8 Å². The summed E-state index contributed by atoms with van der Waals surface area (Å²) in [6.45, 7) is 7.90. The minimum Gasteiger partial charge on any atom is -0.383 e. The van der Waals surface area contributed by atoms with Gasteiger partial charge in [-0.3, -0.25) is 0 Å². The van der Waals surface area contributed by atoms with Crippen LogP contribution in [-0.2, 0) is 4.74 Å². The monoisotopic (exact) mass is 287 g/mol. The van der Waals surface area contributed by atoms with Gasteiger partial charge in [0.1, 0.15) is 0 Å². The third kappa shape index (κ3) is 5.46. The van der Waals surface area contributed by atoms with E-state index in [4.69, 9.17) is 4.74 Å². The second kappa shape index (κ2) is 9.28. The molecule has 0 aliphatic rings. The minimum absolute atomic E-state index is 0.131. The molecule has 1 aromatic heterocycles. The number of methoxy groups -OCH3 is 1. The van der Waals surface area contributed by atoms with E-state index in [0.717, 1.165) is 30.3 Å². The molecule has 1 aromatic rings. The van der Waals surface area contributed by atoms with Crippen LogP contribution in [0.1, 0.15) is 45.1 Å². The number of nitrogens with zero attached hydrogens (tertiary/aromatic N) is 4. The van der Waals surface area contributed by atoms with E-state index < -0.39 is 0 Å². The molecule has 110 valence electrons. The van der Waals surface area contributed by atoms with Crippen LogP contribution >= 0.6 is 11.8 Å². The Morgan fingerprint density at radius 2 is 2.21 bits per heavy atom. The summed E-state index contributed by atoms with van der Waals surface area (Å²) in [7, 11) is 1.70. The Morgan fingerprint density at radius 1 is 1.42 bits per heavy atom. The largest absolute Gasteiger partial charge is 0.383 e. The fourth-order valence-electron chi connectivity index (χ4n) is 1.79. The van der Waals surface area contributed by atoms with E-state index in [1.807, 2.05) is 16.4 Å². The van der Waals surface area contributed by atoms with Gasteiger partial charge in [-0.1, -0.05) is 6.92 Å². The first kappa shape index (κ1) is 16.4. The molecule has 0 fully saturated rings. The molecule has 0 saturated heterocycles. The summed E-state index contributed by atoms with van der Waals surface area (Å²) in [5.41, 5.74) is 0. The van der Waals surface area contributed by atoms with Crippen LogP contribution in [0.15, 0.2) is 0 Å². The van der Waals surface area contributed by atoms with Gasteiger partial charge in [0.25, 0.3) is 0 Å². The SMILES string of the molecule is CCSCCC(C)n1nnnc1C(C)NCCOC. The third-order valence-electron chi connectivity index (χ3n) is 2.96. The molecule has 0 aliphatic carbocycles. The van der Waals surface area contributed by atoms with Gasteiger partial charge in [0.2, 0.25) is 0 Å². The number of hydrogen-bond donors (Lipinski definition) is 1. The van der Waals surface area contributed by atoms with Crippen molar-refractivity contribution in [2.75, 3.05) is 31.8 Å². The molecule has 0 aliphatic heterocycles. The van der Waals surface area contributed by atoms with E-state index in [0.29, 0.717) is 12.6 Å². The second-order valence-electron chi connectivity index (χ2n) is 4.48. The van der Waals surface area contributed by atoms with Gasteiger partial charge in [0.15, 0.2) is 5.82 Å². The Kier molecular flexibility index (Phi) is 8.00. The van der Waals surface area contributed by atoms with Crippen LogP contribution in [0.4, 0.5) is 0 Å². The maximum Gasteiger partial charge on any atom is 0.168 e. The van der Waals surface area contributed by atoms with Crippen LogP contribution in [0.5, 0.6) is 0 Å². The lowest BCUT2D eigenvalue weighted by atomic mass is 10.2. The highest BCUT2D eigenvalue weighted by Crippen LogP contribution is 2.17. The molecular weight excluding hydrogens is 262 g/mol. The van der Waals surface area contributed by atoms with Gasteiger partial charge in [0, 0.05) is 13.7 Å². The molecule has 0 bridgehead atoms. The summed E-state index contributed by atoms with van der Waals surface area (Å²) >= 11 is 1.95. The third-order valence-corrected chi connectivity index (χ3v) is 3.90. The van der Waals surface area contributed by atoms with Gasteiger partial charge in [-0.15, -0.1) is 5.10 Å². The highest BCUT2D eigenvalue weighted by Gasteiger charge is 2.17. The summed E-state index contributed by atoms with van der Waals surface area (Å²) in [6, 6.07) is 0.460. The van der Waals surface area contributed by atoms with E-state index in [1.165, 1.54) is 0 Å². The molecule has 0 spiro atoms. The van der Waals surface area contributed by atoms with Crippen molar-refractivity contribution in [3.05, 3.63) is 5.82 Å². The molecule has 7 heteroatoms. The molecule has 1 N–H and O–H groups in total. The highest BCUT2D eigenvalue weighted by molar-refractivity contribution is 7.99. The van der Waals surface area contributed by atoms with Crippen molar-refractivity contribution in [1.82, 2.24) is 25.5 Å². The smallest absolute Gasteiger partial charge is 0.168 e. The van der Waals surface area contributed by atoms with Gasteiger partial charge in [0.05, 0.1) is 18.7 Å². The van der Waals surface area contributed by atoms with E-state index in [2.05, 4.69) is 41.6 Å². The van der Waals surface area contributed by atoms with Crippen molar-refractivity contribution in [3.63, 3.8) is 0 Å². The highest BCUT2D eigenvalue weighted by atomic mass is 32.2. The lowest BCUT2D eigenvalue weighted by molar-refractivity contribution is 0.195. The van der Waals surface area contributed by atoms with Crippen LogP contribution in [0.2, 0.25) is 0 Å². The van der Waals surface area contributed by atoms with Crippen molar-refractivity contribution >= 4 is 11.8 Å². The van der Waals surface area contributed by atoms with Gasteiger partial charge in [-0.05, 0) is 42.2 Å².